The second kappa shape index (κ2) is 5.31. The Labute approximate surface area is 111 Å². The van der Waals surface area contributed by atoms with Crippen LogP contribution in [0.3, 0.4) is 0 Å². The van der Waals surface area contributed by atoms with Crippen molar-refractivity contribution in [2.75, 3.05) is 13.1 Å². The van der Waals surface area contributed by atoms with Crippen LogP contribution in [0.25, 0.3) is 0 Å². The van der Waals surface area contributed by atoms with E-state index < -0.39 is 0 Å². The lowest BCUT2D eigenvalue weighted by molar-refractivity contribution is 0.155. The summed E-state index contributed by atoms with van der Waals surface area (Å²) >= 11 is 0. The Bertz CT molecular complexity index is 412. The van der Waals surface area contributed by atoms with Crippen molar-refractivity contribution in [2.24, 2.45) is 5.41 Å². The van der Waals surface area contributed by atoms with E-state index in [9.17, 15) is 0 Å². The zero-order valence-electron chi connectivity index (χ0n) is 12.0. The summed E-state index contributed by atoms with van der Waals surface area (Å²) < 4.78 is 6.05. The van der Waals surface area contributed by atoms with Crippen LogP contribution in [0.5, 0.6) is 5.75 Å². The number of hydrogen-bond acceptors (Lipinski definition) is 2. The number of benzene rings is 1. The zero-order valence-corrected chi connectivity index (χ0v) is 12.0. The van der Waals surface area contributed by atoms with Crippen molar-refractivity contribution in [2.45, 2.75) is 46.6 Å². The van der Waals surface area contributed by atoms with Crippen LogP contribution in [0.2, 0.25) is 0 Å². The van der Waals surface area contributed by atoms with Gasteiger partial charge in [-0.05, 0) is 36.9 Å². The first-order valence-electron chi connectivity index (χ1n) is 6.97. The maximum atomic E-state index is 6.05. The smallest absolute Gasteiger partial charge is 0.123 e. The molecule has 0 aromatic heterocycles. The van der Waals surface area contributed by atoms with E-state index in [0.717, 1.165) is 31.7 Å². The maximum Gasteiger partial charge on any atom is 0.123 e. The normalized spacial score (nSPS) is 18.6. The van der Waals surface area contributed by atoms with E-state index in [4.69, 9.17) is 4.74 Å². The number of hydrogen-bond donors (Lipinski definition) is 1. The average molecular weight is 247 g/mol. The summed E-state index contributed by atoms with van der Waals surface area (Å²) in [5.41, 5.74) is 2.99. The standard InChI is InChI=1S/C16H25NO/c1-5-17-11-16(3,4)10-14-9-13-8-12(2)6-7-15(13)18-14/h6-8,14,17H,5,9-11H2,1-4H3. The fourth-order valence-corrected chi connectivity index (χ4v) is 2.71. The molecular weight excluding hydrogens is 222 g/mol. The molecule has 0 aliphatic carbocycles. The Morgan fingerprint density at radius 2 is 2.17 bits per heavy atom. The summed E-state index contributed by atoms with van der Waals surface area (Å²) in [4.78, 5) is 0. The first-order chi connectivity index (χ1) is 8.50. The molecule has 1 N–H and O–H groups in total. The molecule has 0 saturated heterocycles. The van der Waals surface area contributed by atoms with E-state index >= 15 is 0 Å². The average Bonchev–Trinajstić information content (AvgIpc) is 2.66. The van der Waals surface area contributed by atoms with Gasteiger partial charge in [-0.15, -0.1) is 0 Å². The topological polar surface area (TPSA) is 21.3 Å². The number of ether oxygens (including phenoxy) is 1. The van der Waals surface area contributed by atoms with E-state index in [1.54, 1.807) is 0 Å². The highest BCUT2D eigenvalue weighted by Gasteiger charge is 2.29. The lowest BCUT2D eigenvalue weighted by Gasteiger charge is -2.27. The van der Waals surface area contributed by atoms with Crippen LogP contribution in [0.1, 0.15) is 38.3 Å². The van der Waals surface area contributed by atoms with Crippen molar-refractivity contribution >= 4 is 0 Å². The van der Waals surface area contributed by atoms with Gasteiger partial charge in [0.2, 0.25) is 0 Å². The van der Waals surface area contributed by atoms with Gasteiger partial charge < -0.3 is 10.1 Å². The first kappa shape index (κ1) is 13.4. The SMILES string of the molecule is CCNCC(C)(C)CC1Cc2cc(C)ccc2O1. The van der Waals surface area contributed by atoms with E-state index in [1.807, 2.05) is 0 Å². The van der Waals surface area contributed by atoms with Gasteiger partial charge in [0.25, 0.3) is 0 Å². The molecule has 1 unspecified atom stereocenters. The van der Waals surface area contributed by atoms with Gasteiger partial charge in [0.1, 0.15) is 11.9 Å². The van der Waals surface area contributed by atoms with Crippen molar-refractivity contribution < 1.29 is 4.74 Å². The molecule has 100 valence electrons. The highest BCUT2D eigenvalue weighted by molar-refractivity contribution is 5.40. The van der Waals surface area contributed by atoms with E-state index in [0.29, 0.717) is 6.10 Å². The molecule has 18 heavy (non-hydrogen) atoms. The molecule has 1 aromatic carbocycles. The molecule has 1 atom stereocenters. The van der Waals surface area contributed by atoms with Crippen molar-refractivity contribution in [1.29, 1.82) is 0 Å². The summed E-state index contributed by atoms with van der Waals surface area (Å²) in [5, 5.41) is 3.44. The minimum absolute atomic E-state index is 0.289. The molecule has 0 saturated carbocycles. The molecule has 1 aliphatic heterocycles. The third-order valence-electron chi connectivity index (χ3n) is 3.59. The quantitative estimate of drug-likeness (QED) is 0.862. The van der Waals surface area contributed by atoms with E-state index in [2.05, 4.69) is 51.2 Å². The fourth-order valence-electron chi connectivity index (χ4n) is 2.71. The molecule has 0 radical (unpaired) electrons. The molecule has 0 fully saturated rings. The van der Waals surface area contributed by atoms with Gasteiger partial charge in [-0.1, -0.05) is 38.5 Å². The summed E-state index contributed by atoms with van der Waals surface area (Å²) in [5.74, 6) is 1.09. The monoisotopic (exact) mass is 247 g/mol. The van der Waals surface area contributed by atoms with Gasteiger partial charge in [0.15, 0.2) is 0 Å². The van der Waals surface area contributed by atoms with E-state index in [1.165, 1.54) is 11.1 Å². The molecule has 2 rings (SSSR count). The molecule has 0 amide bonds. The van der Waals surface area contributed by atoms with Crippen LogP contribution in [0, 0.1) is 12.3 Å². The predicted octanol–water partition coefficient (Wildman–Crippen LogP) is 3.32. The maximum absolute atomic E-state index is 6.05. The van der Waals surface area contributed by atoms with Gasteiger partial charge in [0, 0.05) is 13.0 Å². The lowest BCUT2D eigenvalue weighted by Crippen LogP contribution is -2.33. The number of fused-ring (bicyclic) bond motifs is 1. The Kier molecular flexibility index (Phi) is 3.96. The predicted molar refractivity (Wildman–Crippen MR) is 76.2 cm³/mol. The van der Waals surface area contributed by atoms with Crippen molar-refractivity contribution in [3.05, 3.63) is 29.3 Å². The van der Waals surface area contributed by atoms with Crippen LogP contribution >= 0.6 is 0 Å². The molecule has 1 aliphatic rings. The number of rotatable bonds is 5. The largest absolute Gasteiger partial charge is 0.490 e. The van der Waals surface area contributed by atoms with Gasteiger partial charge in [0.05, 0.1) is 0 Å². The first-order valence-corrected chi connectivity index (χ1v) is 6.97. The lowest BCUT2D eigenvalue weighted by atomic mass is 9.85. The summed E-state index contributed by atoms with van der Waals surface area (Å²) in [6, 6.07) is 6.50. The van der Waals surface area contributed by atoms with Gasteiger partial charge >= 0.3 is 0 Å². The van der Waals surface area contributed by atoms with Crippen molar-refractivity contribution in [3.8, 4) is 5.75 Å². The van der Waals surface area contributed by atoms with Crippen molar-refractivity contribution in [3.63, 3.8) is 0 Å². The number of aryl methyl sites for hydroxylation is 1. The highest BCUT2D eigenvalue weighted by Crippen LogP contribution is 2.34. The number of nitrogens with one attached hydrogen (secondary N) is 1. The zero-order chi connectivity index (χ0) is 13.2. The van der Waals surface area contributed by atoms with Crippen LogP contribution < -0.4 is 10.1 Å². The Hall–Kier alpha value is -1.02. The van der Waals surface area contributed by atoms with Crippen LogP contribution in [0.15, 0.2) is 18.2 Å². The molecule has 2 nitrogen and oxygen atoms in total. The van der Waals surface area contributed by atoms with Gasteiger partial charge in [-0.2, -0.15) is 0 Å². The molecular formula is C16H25NO. The Morgan fingerprint density at radius 3 is 2.89 bits per heavy atom. The summed E-state index contributed by atoms with van der Waals surface area (Å²) in [6.07, 6.45) is 2.51. The second-order valence-electron chi connectivity index (χ2n) is 6.20. The summed E-state index contributed by atoms with van der Waals surface area (Å²) in [6.45, 7) is 11.0. The summed E-state index contributed by atoms with van der Waals surface area (Å²) in [7, 11) is 0. The second-order valence-corrected chi connectivity index (χ2v) is 6.20. The van der Waals surface area contributed by atoms with Crippen LogP contribution in [-0.2, 0) is 6.42 Å². The van der Waals surface area contributed by atoms with Crippen LogP contribution in [0.4, 0.5) is 0 Å². The minimum atomic E-state index is 0.289. The third kappa shape index (κ3) is 3.26. The van der Waals surface area contributed by atoms with Crippen molar-refractivity contribution in [1.82, 2.24) is 5.32 Å². The van der Waals surface area contributed by atoms with Crippen LogP contribution in [-0.4, -0.2) is 19.2 Å². The molecule has 0 bridgehead atoms. The molecule has 0 spiro atoms. The molecule has 2 heteroatoms. The fraction of sp³-hybridized carbons (Fsp3) is 0.625. The molecule has 1 heterocycles. The minimum Gasteiger partial charge on any atom is -0.490 e. The van der Waals surface area contributed by atoms with Gasteiger partial charge in [-0.3, -0.25) is 0 Å². The Morgan fingerprint density at radius 1 is 1.39 bits per heavy atom. The highest BCUT2D eigenvalue weighted by atomic mass is 16.5. The third-order valence-corrected chi connectivity index (χ3v) is 3.59. The Balaban J connectivity index is 1.95. The van der Waals surface area contributed by atoms with E-state index in [-0.39, 0.29) is 5.41 Å². The molecule has 1 aromatic rings. The van der Waals surface area contributed by atoms with Gasteiger partial charge in [-0.25, -0.2) is 0 Å².